The number of aromatic amines is 1. The monoisotopic (exact) mass is 544 g/mol. The van der Waals surface area contributed by atoms with Gasteiger partial charge in [-0.2, -0.15) is 5.10 Å². The number of anilines is 1. The number of hydrogen-bond acceptors (Lipinski definition) is 7. The lowest BCUT2D eigenvalue weighted by Gasteiger charge is -2.45. The van der Waals surface area contributed by atoms with E-state index in [1.54, 1.807) is 6.33 Å². The van der Waals surface area contributed by atoms with Crippen molar-refractivity contribution in [2.75, 3.05) is 50.8 Å². The summed E-state index contributed by atoms with van der Waals surface area (Å²) in [5, 5.41) is 4.41. The first-order valence-corrected chi connectivity index (χ1v) is 14.4. The standard InChI is InChI=1S/C30H40N8O2/c1-18(2)27-28(23-15-38-30(31-17-32-38)22(6)21(23)5)33-24-7-8-25(34-29(24)27)36-13-20(4)37(14-19(36)3)26(39)16-35-9-11-40-12-10-35/h7-8,15,17-20,33H,9-14,16H2,1-6H3/t19-,20?/m0/s1. The van der Waals surface area contributed by atoms with Crippen molar-refractivity contribution in [2.45, 2.75) is 59.5 Å². The van der Waals surface area contributed by atoms with Crippen LogP contribution in [0.15, 0.2) is 24.7 Å². The second-order valence-electron chi connectivity index (χ2n) is 11.7. The SMILES string of the molecule is Cc1c(-c2[nH]c3ccc(N4CC(C)N(C(=O)CN5CCOCC5)C[C@@H]4C)nc3c2C(C)C)cn2ncnc2c1C. The summed E-state index contributed by atoms with van der Waals surface area (Å²) in [6.07, 6.45) is 3.67. The van der Waals surface area contributed by atoms with Crippen LogP contribution in [0.4, 0.5) is 5.82 Å². The van der Waals surface area contributed by atoms with Crippen LogP contribution in [0.3, 0.4) is 0 Å². The number of rotatable bonds is 5. The van der Waals surface area contributed by atoms with Gasteiger partial charge in [0.05, 0.1) is 36.5 Å². The van der Waals surface area contributed by atoms with Crippen molar-refractivity contribution >= 4 is 28.4 Å². The maximum Gasteiger partial charge on any atom is 0.237 e. The second-order valence-corrected chi connectivity index (χ2v) is 11.7. The molecule has 1 unspecified atom stereocenters. The van der Waals surface area contributed by atoms with Crippen molar-refractivity contribution in [3.63, 3.8) is 0 Å². The van der Waals surface area contributed by atoms with Gasteiger partial charge in [0.2, 0.25) is 5.91 Å². The lowest BCUT2D eigenvalue weighted by atomic mass is 9.95. The van der Waals surface area contributed by atoms with Crippen molar-refractivity contribution in [1.82, 2.24) is 34.4 Å². The van der Waals surface area contributed by atoms with Crippen LogP contribution in [-0.4, -0.2) is 98.3 Å². The summed E-state index contributed by atoms with van der Waals surface area (Å²) in [6, 6.07) is 4.53. The molecular formula is C30H40N8O2. The lowest BCUT2D eigenvalue weighted by molar-refractivity contribution is -0.136. The van der Waals surface area contributed by atoms with Gasteiger partial charge in [0.25, 0.3) is 0 Å². The lowest BCUT2D eigenvalue weighted by Crippen LogP contribution is -2.60. The summed E-state index contributed by atoms with van der Waals surface area (Å²) in [7, 11) is 0. The minimum atomic E-state index is 0.105. The van der Waals surface area contributed by atoms with Gasteiger partial charge in [-0.1, -0.05) is 13.8 Å². The molecule has 2 saturated heterocycles. The summed E-state index contributed by atoms with van der Waals surface area (Å²) in [4.78, 5) is 33.2. The third kappa shape index (κ3) is 4.62. The third-order valence-electron chi connectivity index (χ3n) is 8.70. The van der Waals surface area contributed by atoms with Gasteiger partial charge in [-0.05, 0) is 56.9 Å². The number of nitrogens with zero attached hydrogens (tertiary/aromatic N) is 7. The van der Waals surface area contributed by atoms with E-state index in [0.29, 0.717) is 26.3 Å². The fraction of sp³-hybridized carbons (Fsp3) is 0.533. The highest BCUT2D eigenvalue weighted by molar-refractivity contribution is 5.90. The molecule has 6 heterocycles. The van der Waals surface area contributed by atoms with E-state index in [1.165, 1.54) is 11.1 Å². The third-order valence-corrected chi connectivity index (χ3v) is 8.70. The first-order chi connectivity index (χ1) is 19.2. The highest BCUT2D eigenvalue weighted by Crippen LogP contribution is 2.38. The van der Waals surface area contributed by atoms with Crippen LogP contribution < -0.4 is 4.90 Å². The van der Waals surface area contributed by atoms with E-state index in [4.69, 9.17) is 9.72 Å². The Bertz CT molecular complexity index is 1550. The molecule has 2 aliphatic heterocycles. The van der Waals surface area contributed by atoms with Crippen LogP contribution in [0.2, 0.25) is 0 Å². The van der Waals surface area contributed by atoms with E-state index in [1.807, 2.05) is 4.52 Å². The Morgan fingerprint density at radius 1 is 1.10 bits per heavy atom. The largest absolute Gasteiger partial charge is 0.379 e. The minimum absolute atomic E-state index is 0.105. The molecule has 0 radical (unpaired) electrons. The normalized spacial score (nSPS) is 20.8. The van der Waals surface area contributed by atoms with Gasteiger partial charge in [-0.3, -0.25) is 9.69 Å². The van der Waals surface area contributed by atoms with E-state index >= 15 is 0 Å². The highest BCUT2D eigenvalue weighted by atomic mass is 16.5. The predicted molar refractivity (Wildman–Crippen MR) is 157 cm³/mol. The maximum atomic E-state index is 13.2. The molecule has 2 aliphatic rings. The topological polar surface area (TPSA) is 94.9 Å². The number of hydrogen-bond donors (Lipinski definition) is 1. The zero-order valence-electron chi connectivity index (χ0n) is 24.4. The molecule has 4 aromatic rings. The minimum Gasteiger partial charge on any atom is -0.379 e. The van der Waals surface area contributed by atoms with Crippen LogP contribution in [-0.2, 0) is 9.53 Å². The van der Waals surface area contributed by atoms with Crippen LogP contribution in [0.1, 0.15) is 50.3 Å². The van der Waals surface area contributed by atoms with Crippen LogP contribution >= 0.6 is 0 Å². The van der Waals surface area contributed by atoms with Crippen molar-refractivity contribution in [2.24, 2.45) is 0 Å². The molecule has 40 heavy (non-hydrogen) atoms. The number of pyridine rings is 2. The van der Waals surface area contributed by atoms with Crippen LogP contribution in [0.25, 0.3) is 27.9 Å². The van der Waals surface area contributed by atoms with Gasteiger partial charge in [0.15, 0.2) is 5.65 Å². The average molecular weight is 545 g/mol. The van der Waals surface area contributed by atoms with Crippen molar-refractivity contribution in [1.29, 1.82) is 0 Å². The van der Waals surface area contributed by atoms with Crippen molar-refractivity contribution in [3.05, 3.63) is 41.3 Å². The quantitative estimate of drug-likeness (QED) is 0.409. The van der Waals surface area contributed by atoms with E-state index in [2.05, 4.69) is 89.6 Å². The summed E-state index contributed by atoms with van der Waals surface area (Å²) in [6.45, 7) is 18.0. The molecule has 2 fully saturated rings. The van der Waals surface area contributed by atoms with E-state index in [0.717, 1.165) is 59.0 Å². The van der Waals surface area contributed by atoms with Crippen LogP contribution in [0, 0.1) is 13.8 Å². The molecule has 212 valence electrons. The fourth-order valence-corrected chi connectivity index (χ4v) is 6.30. The first kappa shape index (κ1) is 26.7. The zero-order valence-corrected chi connectivity index (χ0v) is 24.4. The Labute approximate surface area is 235 Å². The molecule has 10 heteroatoms. The molecule has 0 bridgehead atoms. The van der Waals surface area contributed by atoms with E-state index < -0.39 is 0 Å². The number of nitrogens with one attached hydrogen (secondary N) is 1. The first-order valence-electron chi connectivity index (χ1n) is 14.4. The molecular weight excluding hydrogens is 504 g/mol. The van der Waals surface area contributed by atoms with Crippen molar-refractivity contribution < 1.29 is 9.53 Å². The number of H-pyrrole nitrogens is 1. The second kappa shape index (κ2) is 10.5. The molecule has 6 rings (SSSR count). The van der Waals surface area contributed by atoms with E-state index in [-0.39, 0.29) is 23.9 Å². The van der Waals surface area contributed by atoms with Gasteiger partial charge in [-0.15, -0.1) is 0 Å². The van der Waals surface area contributed by atoms with Gasteiger partial charge >= 0.3 is 0 Å². The van der Waals surface area contributed by atoms with Crippen LogP contribution in [0.5, 0.6) is 0 Å². The molecule has 1 N–H and O–H groups in total. The zero-order chi connectivity index (χ0) is 28.1. The number of aryl methyl sites for hydroxylation is 1. The summed E-state index contributed by atoms with van der Waals surface area (Å²) in [5.74, 6) is 1.43. The van der Waals surface area contributed by atoms with Gasteiger partial charge in [-0.25, -0.2) is 14.5 Å². The molecule has 0 spiro atoms. The molecule has 2 atom stereocenters. The molecule has 0 aliphatic carbocycles. The highest BCUT2D eigenvalue weighted by Gasteiger charge is 2.34. The number of aromatic nitrogens is 5. The van der Waals surface area contributed by atoms with Gasteiger partial charge in [0, 0.05) is 55.6 Å². The molecule has 1 amide bonds. The number of ether oxygens (including phenoxy) is 1. The number of morpholine rings is 1. The average Bonchev–Trinajstić information content (AvgIpc) is 3.56. The van der Waals surface area contributed by atoms with Gasteiger partial charge < -0.3 is 19.5 Å². The number of piperazine rings is 1. The Balaban J connectivity index is 1.30. The smallest absolute Gasteiger partial charge is 0.237 e. The Morgan fingerprint density at radius 3 is 2.62 bits per heavy atom. The Kier molecular flexibility index (Phi) is 7.00. The molecule has 0 aromatic carbocycles. The predicted octanol–water partition coefficient (Wildman–Crippen LogP) is 3.77. The molecule has 4 aromatic heterocycles. The molecule has 0 saturated carbocycles. The summed E-state index contributed by atoms with van der Waals surface area (Å²) < 4.78 is 7.30. The van der Waals surface area contributed by atoms with Crippen molar-refractivity contribution in [3.8, 4) is 11.3 Å². The summed E-state index contributed by atoms with van der Waals surface area (Å²) >= 11 is 0. The van der Waals surface area contributed by atoms with E-state index in [9.17, 15) is 4.79 Å². The number of fused-ring (bicyclic) bond motifs is 2. The molecule has 10 nitrogen and oxygen atoms in total. The summed E-state index contributed by atoms with van der Waals surface area (Å²) in [5.41, 5.74) is 8.65. The van der Waals surface area contributed by atoms with Gasteiger partial charge in [0.1, 0.15) is 12.1 Å². The number of amides is 1. The fourth-order valence-electron chi connectivity index (χ4n) is 6.30. The number of carbonyl (C=O) groups excluding carboxylic acids is 1. The maximum absolute atomic E-state index is 13.2. The Morgan fingerprint density at radius 2 is 1.88 bits per heavy atom. The Hall–Kier alpha value is -3.50. The number of carbonyl (C=O) groups is 1.